The molecule has 0 aromatic heterocycles. The molecule has 4 heteroatoms. The molecule has 1 saturated carbocycles. The van der Waals surface area contributed by atoms with Crippen LogP contribution in [0.15, 0.2) is 36.4 Å². The number of anilines is 1. The minimum atomic E-state index is -0.372. The lowest BCUT2D eigenvalue weighted by molar-refractivity contribution is -0.117. The first kappa shape index (κ1) is 14.8. The Kier molecular flexibility index (Phi) is 4.27. The van der Waals surface area contributed by atoms with Crippen molar-refractivity contribution in [2.45, 2.75) is 25.7 Å². The first-order chi connectivity index (χ1) is 10.7. The van der Waals surface area contributed by atoms with E-state index in [1.165, 1.54) is 20.0 Å². The maximum Gasteiger partial charge on any atom is 0.337 e. The van der Waals surface area contributed by atoms with Gasteiger partial charge in [-0.15, -0.1) is 0 Å². The lowest BCUT2D eigenvalue weighted by atomic mass is 10.1. The highest BCUT2D eigenvalue weighted by atomic mass is 16.5. The van der Waals surface area contributed by atoms with Gasteiger partial charge in [0, 0.05) is 11.6 Å². The molecule has 0 spiro atoms. The molecule has 0 radical (unpaired) electrons. The fourth-order valence-corrected chi connectivity index (χ4v) is 3.33. The number of nitrogens with one attached hydrogen (secondary N) is 1. The molecule has 0 aliphatic heterocycles. The molecule has 0 saturated heterocycles. The average molecular weight is 299 g/mol. The third-order valence-corrected chi connectivity index (χ3v) is 4.62. The summed E-state index contributed by atoms with van der Waals surface area (Å²) in [6, 6.07) is 6.81. The Morgan fingerprint density at radius 2 is 1.95 bits per heavy atom. The van der Waals surface area contributed by atoms with E-state index in [1.807, 2.05) is 0 Å². The molecule has 0 bridgehead atoms. The van der Waals surface area contributed by atoms with E-state index < -0.39 is 0 Å². The van der Waals surface area contributed by atoms with Gasteiger partial charge in [0.1, 0.15) is 0 Å². The van der Waals surface area contributed by atoms with Crippen molar-refractivity contribution >= 4 is 17.6 Å². The predicted octanol–water partition coefficient (Wildman–Crippen LogP) is 3.40. The summed E-state index contributed by atoms with van der Waals surface area (Å²) in [7, 11) is 1.35. The zero-order chi connectivity index (χ0) is 15.5. The van der Waals surface area contributed by atoms with Crippen molar-refractivity contribution < 1.29 is 14.3 Å². The second kappa shape index (κ2) is 6.34. The number of allylic oxidation sites excluding steroid dienone is 2. The molecule has 2 aliphatic carbocycles. The molecular formula is C18H21NO3. The van der Waals surface area contributed by atoms with Crippen molar-refractivity contribution in [3.05, 3.63) is 42.0 Å². The van der Waals surface area contributed by atoms with Gasteiger partial charge in [-0.3, -0.25) is 4.79 Å². The number of carbonyl (C=O) groups excluding carboxylic acids is 2. The van der Waals surface area contributed by atoms with Gasteiger partial charge in [0.2, 0.25) is 5.91 Å². The van der Waals surface area contributed by atoms with Crippen LogP contribution >= 0.6 is 0 Å². The van der Waals surface area contributed by atoms with E-state index in [0.29, 0.717) is 17.4 Å². The Morgan fingerprint density at radius 1 is 1.18 bits per heavy atom. The van der Waals surface area contributed by atoms with Gasteiger partial charge in [-0.1, -0.05) is 18.6 Å². The Hall–Kier alpha value is -2.10. The zero-order valence-electron chi connectivity index (χ0n) is 12.7. The Balaban J connectivity index is 1.61. The van der Waals surface area contributed by atoms with Crippen LogP contribution in [0.5, 0.6) is 0 Å². The van der Waals surface area contributed by atoms with E-state index in [4.69, 9.17) is 0 Å². The van der Waals surface area contributed by atoms with Gasteiger partial charge in [0.05, 0.1) is 12.7 Å². The Morgan fingerprint density at radius 3 is 2.68 bits per heavy atom. The molecular weight excluding hydrogens is 278 g/mol. The molecule has 4 nitrogen and oxygen atoms in total. The number of methoxy groups -OCH3 is 1. The van der Waals surface area contributed by atoms with Crippen LogP contribution in [0.2, 0.25) is 0 Å². The van der Waals surface area contributed by atoms with E-state index >= 15 is 0 Å². The zero-order valence-corrected chi connectivity index (χ0v) is 12.7. The van der Waals surface area contributed by atoms with E-state index in [0.717, 1.165) is 18.5 Å². The third kappa shape index (κ3) is 3.06. The first-order valence-electron chi connectivity index (χ1n) is 7.86. The highest BCUT2D eigenvalue weighted by molar-refractivity contribution is 5.96. The smallest absolute Gasteiger partial charge is 0.337 e. The molecule has 0 heterocycles. The van der Waals surface area contributed by atoms with Crippen molar-refractivity contribution in [3.8, 4) is 0 Å². The maximum absolute atomic E-state index is 12.4. The monoisotopic (exact) mass is 299 g/mol. The van der Waals surface area contributed by atoms with Gasteiger partial charge in [-0.2, -0.15) is 0 Å². The number of hydrogen-bond acceptors (Lipinski definition) is 3. The van der Waals surface area contributed by atoms with Gasteiger partial charge in [-0.05, 0) is 55.4 Å². The van der Waals surface area contributed by atoms with Gasteiger partial charge in [-0.25, -0.2) is 4.79 Å². The lowest BCUT2D eigenvalue weighted by Crippen LogP contribution is -2.15. The van der Waals surface area contributed by atoms with Crippen LogP contribution in [0.4, 0.5) is 5.69 Å². The van der Waals surface area contributed by atoms with Crippen LogP contribution in [0.25, 0.3) is 0 Å². The summed E-state index contributed by atoms with van der Waals surface area (Å²) >= 11 is 0. The number of esters is 1. The minimum Gasteiger partial charge on any atom is -0.465 e. The summed E-state index contributed by atoms with van der Waals surface area (Å²) in [5, 5.41) is 2.96. The lowest BCUT2D eigenvalue weighted by Gasteiger charge is -2.06. The largest absolute Gasteiger partial charge is 0.465 e. The second-order valence-electron chi connectivity index (χ2n) is 6.04. The van der Waals surface area contributed by atoms with Gasteiger partial charge in [0.15, 0.2) is 0 Å². The number of ether oxygens (including phenoxy) is 1. The van der Waals surface area contributed by atoms with Crippen molar-refractivity contribution in [2.24, 2.45) is 17.8 Å². The van der Waals surface area contributed by atoms with Crippen LogP contribution in [-0.2, 0) is 9.53 Å². The number of hydrogen-bond donors (Lipinski definition) is 1. The predicted molar refractivity (Wildman–Crippen MR) is 84.5 cm³/mol. The van der Waals surface area contributed by atoms with Crippen molar-refractivity contribution in [1.82, 2.24) is 0 Å². The fourth-order valence-electron chi connectivity index (χ4n) is 3.33. The average Bonchev–Trinajstić information content (AvgIpc) is 3.18. The molecule has 1 N–H and O–H groups in total. The molecule has 1 fully saturated rings. The topological polar surface area (TPSA) is 55.4 Å². The summed E-state index contributed by atoms with van der Waals surface area (Å²) in [4.78, 5) is 23.8. The minimum absolute atomic E-state index is 0.0902. The van der Waals surface area contributed by atoms with Gasteiger partial charge >= 0.3 is 5.97 Å². The number of rotatable bonds is 3. The molecule has 22 heavy (non-hydrogen) atoms. The molecule has 3 atom stereocenters. The fraction of sp³-hybridized carbons (Fsp3) is 0.444. The number of fused-ring (bicyclic) bond motifs is 1. The molecule has 1 aromatic carbocycles. The number of benzene rings is 1. The van der Waals surface area contributed by atoms with E-state index in [-0.39, 0.29) is 17.8 Å². The van der Waals surface area contributed by atoms with Gasteiger partial charge in [0.25, 0.3) is 0 Å². The van der Waals surface area contributed by atoms with Crippen molar-refractivity contribution in [1.29, 1.82) is 0 Å². The SMILES string of the molecule is COC(=O)c1ccc(NC(=O)[C@@H]2[C@@H]3C=CCCCC[C@H]32)cc1. The number of carbonyl (C=O) groups is 2. The normalized spacial score (nSPS) is 26.3. The highest BCUT2D eigenvalue weighted by Gasteiger charge is 2.52. The van der Waals surface area contributed by atoms with E-state index in [1.54, 1.807) is 24.3 Å². The van der Waals surface area contributed by atoms with Crippen LogP contribution in [-0.4, -0.2) is 19.0 Å². The van der Waals surface area contributed by atoms with E-state index in [2.05, 4.69) is 22.2 Å². The second-order valence-corrected chi connectivity index (χ2v) is 6.04. The maximum atomic E-state index is 12.4. The Labute approximate surface area is 130 Å². The Bertz CT molecular complexity index is 591. The summed E-state index contributed by atoms with van der Waals surface area (Å²) < 4.78 is 4.66. The molecule has 1 amide bonds. The van der Waals surface area contributed by atoms with Crippen LogP contribution in [0, 0.1) is 17.8 Å². The van der Waals surface area contributed by atoms with Crippen LogP contribution < -0.4 is 5.32 Å². The molecule has 3 rings (SSSR count). The standard InChI is InChI=1S/C18H21NO3/c1-22-18(21)12-8-10-13(11-9-12)19-17(20)16-14-6-4-2-3-5-7-15(14)16/h4,6,8-11,14-16H,2-3,5,7H2,1H3,(H,19,20)/t14-,15-,16-/m1/s1. The van der Waals surface area contributed by atoms with Crippen molar-refractivity contribution in [3.63, 3.8) is 0 Å². The highest BCUT2D eigenvalue weighted by Crippen LogP contribution is 2.51. The summed E-state index contributed by atoms with van der Waals surface area (Å²) in [5.41, 5.74) is 1.21. The summed E-state index contributed by atoms with van der Waals surface area (Å²) in [6.07, 6.45) is 9.15. The first-order valence-corrected chi connectivity index (χ1v) is 7.86. The van der Waals surface area contributed by atoms with Gasteiger partial charge < -0.3 is 10.1 Å². The van der Waals surface area contributed by atoms with Crippen molar-refractivity contribution in [2.75, 3.05) is 12.4 Å². The van der Waals surface area contributed by atoms with Crippen LogP contribution in [0.3, 0.4) is 0 Å². The summed E-state index contributed by atoms with van der Waals surface area (Å²) in [5.74, 6) is 0.742. The molecule has 0 unspecified atom stereocenters. The molecule has 2 aliphatic rings. The molecule has 1 aromatic rings. The molecule has 116 valence electrons. The third-order valence-electron chi connectivity index (χ3n) is 4.62. The van der Waals surface area contributed by atoms with Crippen LogP contribution in [0.1, 0.15) is 36.0 Å². The quantitative estimate of drug-likeness (QED) is 0.687. The number of amides is 1. The summed E-state index contributed by atoms with van der Waals surface area (Å²) in [6.45, 7) is 0. The van der Waals surface area contributed by atoms with E-state index in [9.17, 15) is 9.59 Å².